The summed E-state index contributed by atoms with van der Waals surface area (Å²) in [5.41, 5.74) is 4.50. The number of piperidine rings is 3. The Bertz CT molecular complexity index is 988. The zero-order valence-corrected chi connectivity index (χ0v) is 18.2. The molecule has 158 valence electrons. The third-order valence-corrected chi connectivity index (χ3v) is 6.97. The van der Waals surface area contributed by atoms with Gasteiger partial charge in [-0.1, -0.05) is 84.4 Å². The van der Waals surface area contributed by atoms with Gasteiger partial charge in [-0.2, -0.15) is 0 Å². The number of halogens is 1. The van der Waals surface area contributed by atoms with Crippen LogP contribution in [0, 0.1) is 5.92 Å². The van der Waals surface area contributed by atoms with E-state index in [2.05, 4.69) is 65.6 Å². The molecule has 3 aromatic rings. The molecule has 0 aliphatic carbocycles. The van der Waals surface area contributed by atoms with Crippen LogP contribution in [-0.4, -0.2) is 34.8 Å². The van der Waals surface area contributed by atoms with Gasteiger partial charge in [0.15, 0.2) is 6.23 Å². The molecule has 0 radical (unpaired) electrons. The largest absolute Gasteiger partial charge is 0.368 e. The molecule has 0 saturated carbocycles. The summed E-state index contributed by atoms with van der Waals surface area (Å²) >= 11 is 6.04. The maximum atomic E-state index is 11.0. The molecule has 2 atom stereocenters. The number of aliphatic hydroxyl groups excluding tert-OH is 1. The highest BCUT2D eigenvalue weighted by Gasteiger charge is 2.44. The Morgan fingerprint density at radius 1 is 0.774 bits per heavy atom. The monoisotopic (exact) mass is 430 g/mol. The zero-order valence-electron chi connectivity index (χ0n) is 17.4. The molecule has 0 spiro atoms. The lowest BCUT2D eigenvalue weighted by Crippen LogP contribution is -2.58. The van der Waals surface area contributed by atoms with Crippen molar-refractivity contribution >= 4 is 17.3 Å². The first-order valence-corrected chi connectivity index (χ1v) is 11.4. The zero-order chi connectivity index (χ0) is 21.2. The number of aliphatic imine (C=N–C) groups is 1. The summed E-state index contributed by atoms with van der Waals surface area (Å²) in [5, 5.41) is 11.6. The lowest BCUT2D eigenvalue weighted by atomic mass is 9.72. The minimum absolute atomic E-state index is 0.152. The average molecular weight is 431 g/mol. The molecule has 31 heavy (non-hydrogen) atoms. The van der Waals surface area contributed by atoms with Crippen LogP contribution in [0.3, 0.4) is 0 Å². The van der Waals surface area contributed by atoms with Crippen LogP contribution in [0.15, 0.2) is 89.9 Å². The van der Waals surface area contributed by atoms with E-state index >= 15 is 0 Å². The van der Waals surface area contributed by atoms with E-state index in [0.29, 0.717) is 10.9 Å². The van der Waals surface area contributed by atoms with Crippen LogP contribution in [0.25, 0.3) is 0 Å². The van der Waals surface area contributed by atoms with Crippen LogP contribution < -0.4 is 0 Å². The van der Waals surface area contributed by atoms with Crippen LogP contribution >= 0.6 is 11.6 Å². The van der Waals surface area contributed by atoms with Gasteiger partial charge in [0.25, 0.3) is 0 Å². The van der Waals surface area contributed by atoms with E-state index in [0.717, 1.165) is 37.2 Å². The van der Waals surface area contributed by atoms with E-state index < -0.39 is 6.23 Å². The van der Waals surface area contributed by atoms with Gasteiger partial charge in [-0.15, -0.1) is 0 Å². The van der Waals surface area contributed by atoms with E-state index in [1.165, 1.54) is 11.1 Å². The van der Waals surface area contributed by atoms with Gasteiger partial charge in [-0.05, 0) is 49.2 Å². The molecule has 3 aliphatic heterocycles. The lowest BCUT2D eigenvalue weighted by Gasteiger charge is -2.50. The van der Waals surface area contributed by atoms with E-state index in [4.69, 9.17) is 16.6 Å². The van der Waals surface area contributed by atoms with Crippen molar-refractivity contribution in [2.45, 2.75) is 31.0 Å². The SMILES string of the molecule is OC(N=C1C2CCN(CC2)C1C(c1ccccc1)c1ccccc1)c1ccc(Cl)cc1. The molecule has 3 fully saturated rings. The van der Waals surface area contributed by atoms with Gasteiger partial charge in [0.05, 0.1) is 6.04 Å². The minimum Gasteiger partial charge on any atom is -0.368 e. The van der Waals surface area contributed by atoms with Crippen molar-refractivity contribution in [1.82, 2.24) is 4.90 Å². The Kier molecular flexibility index (Phi) is 5.91. The number of aliphatic hydroxyl groups is 1. The van der Waals surface area contributed by atoms with Crippen LogP contribution in [0.5, 0.6) is 0 Å². The van der Waals surface area contributed by atoms with Crippen molar-refractivity contribution in [3.05, 3.63) is 107 Å². The number of hydrogen-bond acceptors (Lipinski definition) is 3. The highest BCUT2D eigenvalue weighted by molar-refractivity contribution is 6.30. The Balaban J connectivity index is 1.59. The summed E-state index contributed by atoms with van der Waals surface area (Å²) in [6, 6.07) is 28.9. The molecule has 3 saturated heterocycles. The fourth-order valence-corrected chi connectivity index (χ4v) is 5.32. The molecule has 2 unspecified atom stereocenters. The fraction of sp³-hybridized carbons (Fsp3) is 0.296. The summed E-state index contributed by atoms with van der Waals surface area (Å²) in [6.07, 6.45) is 1.35. The smallest absolute Gasteiger partial charge is 0.171 e. The third-order valence-electron chi connectivity index (χ3n) is 6.72. The second-order valence-corrected chi connectivity index (χ2v) is 8.97. The summed E-state index contributed by atoms with van der Waals surface area (Å²) < 4.78 is 0. The molecule has 0 amide bonds. The van der Waals surface area contributed by atoms with E-state index in [9.17, 15) is 5.11 Å². The summed E-state index contributed by atoms with van der Waals surface area (Å²) in [5.74, 6) is 0.605. The maximum Gasteiger partial charge on any atom is 0.171 e. The van der Waals surface area contributed by atoms with E-state index in [1.54, 1.807) is 0 Å². The molecule has 3 nitrogen and oxygen atoms in total. The molecule has 2 bridgehead atoms. The lowest BCUT2D eigenvalue weighted by molar-refractivity contribution is 0.128. The van der Waals surface area contributed by atoms with Crippen molar-refractivity contribution in [3.63, 3.8) is 0 Å². The van der Waals surface area contributed by atoms with E-state index in [-0.39, 0.29) is 12.0 Å². The predicted molar refractivity (Wildman–Crippen MR) is 127 cm³/mol. The van der Waals surface area contributed by atoms with Crippen LogP contribution in [0.2, 0.25) is 5.02 Å². The van der Waals surface area contributed by atoms with Gasteiger partial charge >= 0.3 is 0 Å². The Morgan fingerprint density at radius 3 is 1.87 bits per heavy atom. The molecule has 1 N–H and O–H groups in total. The molecular weight excluding hydrogens is 404 g/mol. The van der Waals surface area contributed by atoms with Crippen LogP contribution in [0.4, 0.5) is 0 Å². The Labute approximate surface area is 189 Å². The molecule has 0 aromatic heterocycles. The second kappa shape index (κ2) is 8.96. The summed E-state index contributed by atoms with van der Waals surface area (Å²) in [4.78, 5) is 7.53. The first kappa shape index (κ1) is 20.4. The highest BCUT2D eigenvalue weighted by Crippen LogP contribution is 2.41. The second-order valence-electron chi connectivity index (χ2n) is 8.53. The predicted octanol–water partition coefficient (Wildman–Crippen LogP) is 5.70. The highest BCUT2D eigenvalue weighted by atomic mass is 35.5. The number of rotatable bonds is 5. The average Bonchev–Trinajstić information content (AvgIpc) is 2.83. The first-order valence-electron chi connectivity index (χ1n) is 11.1. The number of fused-ring (bicyclic) bond motifs is 3. The van der Waals surface area contributed by atoms with Gasteiger partial charge in [-0.3, -0.25) is 9.89 Å². The number of hydrogen-bond donors (Lipinski definition) is 1. The van der Waals surface area contributed by atoms with Crippen molar-refractivity contribution < 1.29 is 5.11 Å². The van der Waals surface area contributed by atoms with Crippen LogP contribution in [0.1, 0.15) is 41.7 Å². The first-order chi connectivity index (χ1) is 15.2. The fourth-order valence-electron chi connectivity index (χ4n) is 5.19. The summed E-state index contributed by atoms with van der Waals surface area (Å²) in [6.45, 7) is 2.17. The maximum absolute atomic E-state index is 11.0. The Morgan fingerprint density at radius 2 is 1.32 bits per heavy atom. The number of nitrogens with zero attached hydrogens (tertiary/aromatic N) is 2. The summed E-state index contributed by atoms with van der Waals surface area (Å²) in [7, 11) is 0. The molecule has 4 heteroatoms. The third kappa shape index (κ3) is 4.18. The van der Waals surface area contributed by atoms with Crippen molar-refractivity contribution in [2.75, 3.05) is 13.1 Å². The molecule has 3 aliphatic rings. The standard InChI is InChI=1S/C27H27ClN2O/c28-23-13-11-22(12-14-23)27(31)29-25-21-15-17-30(18-16-21)26(25)24(19-7-3-1-4-8-19)20-9-5-2-6-10-20/h1-14,21,24,26-27,31H,15-18H2. The minimum atomic E-state index is -0.873. The van der Waals surface area contributed by atoms with Crippen molar-refractivity contribution in [3.8, 4) is 0 Å². The van der Waals surface area contributed by atoms with Crippen LogP contribution in [-0.2, 0) is 0 Å². The van der Waals surface area contributed by atoms with Gasteiger partial charge < -0.3 is 5.11 Å². The van der Waals surface area contributed by atoms with Crippen molar-refractivity contribution in [2.24, 2.45) is 10.9 Å². The van der Waals surface area contributed by atoms with Gasteiger partial charge in [0.2, 0.25) is 0 Å². The van der Waals surface area contributed by atoms with Gasteiger partial charge in [-0.25, -0.2) is 0 Å². The Hall–Kier alpha value is -2.46. The normalized spacial score (nSPS) is 25.1. The number of benzene rings is 3. The molecule has 3 heterocycles. The molecular formula is C27H27ClN2O. The van der Waals surface area contributed by atoms with Crippen molar-refractivity contribution in [1.29, 1.82) is 0 Å². The van der Waals surface area contributed by atoms with Gasteiger partial charge in [0, 0.05) is 28.1 Å². The quantitative estimate of drug-likeness (QED) is 0.563. The molecule has 6 rings (SSSR count). The van der Waals surface area contributed by atoms with E-state index in [1.807, 2.05) is 24.3 Å². The topological polar surface area (TPSA) is 35.8 Å². The molecule has 3 aromatic carbocycles. The van der Waals surface area contributed by atoms with Gasteiger partial charge in [0.1, 0.15) is 0 Å².